The van der Waals surface area contributed by atoms with Crippen LogP contribution in [0.2, 0.25) is 0 Å². The predicted molar refractivity (Wildman–Crippen MR) is 113 cm³/mol. The van der Waals surface area contributed by atoms with Crippen LogP contribution in [-0.4, -0.2) is 38.3 Å². The minimum atomic E-state index is -0.149. The van der Waals surface area contributed by atoms with Gasteiger partial charge in [-0.25, -0.2) is 4.79 Å². The third-order valence-electron chi connectivity index (χ3n) is 5.34. The van der Waals surface area contributed by atoms with Crippen LogP contribution < -0.4 is 19.5 Å². The second-order valence-electron chi connectivity index (χ2n) is 7.14. The molecule has 1 saturated heterocycles. The van der Waals surface area contributed by atoms with Crippen LogP contribution in [0.25, 0.3) is 0 Å². The summed E-state index contributed by atoms with van der Waals surface area (Å²) in [5.74, 6) is 2.18. The molecule has 29 heavy (non-hydrogen) atoms. The summed E-state index contributed by atoms with van der Waals surface area (Å²) in [5, 5.41) is 3.12. The molecule has 1 heterocycles. The first kappa shape index (κ1) is 20.8. The molecule has 1 aliphatic rings. The quantitative estimate of drug-likeness (QED) is 0.734. The number of rotatable bonds is 7. The lowest BCUT2D eigenvalue weighted by atomic mass is 10.0. The number of methoxy groups -OCH3 is 2. The van der Waals surface area contributed by atoms with Crippen molar-refractivity contribution in [3.8, 4) is 17.2 Å². The van der Waals surface area contributed by atoms with Crippen molar-refractivity contribution >= 4 is 6.03 Å². The van der Waals surface area contributed by atoms with Crippen molar-refractivity contribution in [3.63, 3.8) is 0 Å². The second kappa shape index (κ2) is 9.54. The van der Waals surface area contributed by atoms with E-state index in [0.29, 0.717) is 18.1 Å². The van der Waals surface area contributed by atoms with Gasteiger partial charge in [-0.1, -0.05) is 18.2 Å². The van der Waals surface area contributed by atoms with E-state index in [1.54, 1.807) is 14.2 Å². The Bertz CT molecular complexity index is 822. The van der Waals surface area contributed by atoms with Gasteiger partial charge in [0.25, 0.3) is 0 Å². The van der Waals surface area contributed by atoms with E-state index in [-0.39, 0.29) is 18.1 Å². The van der Waals surface area contributed by atoms with E-state index in [1.807, 2.05) is 49.1 Å². The molecule has 0 bridgehead atoms. The molecule has 156 valence electrons. The molecule has 2 atom stereocenters. The number of benzene rings is 2. The van der Waals surface area contributed by atoms with E-state index in [2.05, 4.69) is 17.4 Å². The fourth-order valence-electron chi connectivity index (χ4n) is 3.78. The Morgan fingerprint density at radius 2 is 1.86 bits per heavy atom. The lowest BCUT2D eigenvalue weighted by molar-refractivity contribution is 0.189. The molecular formula is C23H30N2O4. The zero-order valence-corrected chi connectivity index (χ0v) is 17.6. The van der Waals surface area contributed by atoms with E-state index < -0.39 is 0 Å². The number of urea groups is 1. The molecular weight excluding hydrogens is 368 g/mol. The third kappa shape index (κ3) is 4.75. The zero-order chi connectivity index (χ0) is 20.8. The lowest BCUT2D eigenvalue weighted by Crippen LogP contribution is -2.40. The summed E-state index contributed by atoms with van der Waals surface area (Å²) in [4.78, 5) is 14.9. The molecule has 0 saturated carbocycles. The molecule has 3 rings (SSSR count). The summed E-state index contributed by atoms with van der Waals surface area (Å²) in [6, 6.07) is 13.6. The van der Waals surface area contributed by atoms with Crippen LogP contribution in [0.1, 0.15) is 49.9 Å². The molecule has 0 spiro atoms. The van der Waals surface area contributed by atoms with Gasteiger partial charge in [0.2, 0.25) is 0 Å². The fourth-order valence-corrected chi connectivity index (χ4v) is 3.78. The van der Waals surface area contributed by atoms with Gasteiger partial charge in [0.15, 0.2) is 11.5 Å². The molecule has 2 unspecified atom stereocenters. The van der Waals surface area contributed by atoms with Gasteiger partial charge >= 0.3 is 6.03 Å². The molecule has 0 aromatic heterocycles. The highest BCUT2D eigenvalue weighted by atomic mass is 16.5. The molecule has 1 aliphatic heterocycles. The predicted octanol–water partition coefficient (Wildman–Crippen LogP) is 4.71. The molecule has 1 N–H and O–H groups in total. The summed E-state index contributed by atoms with van der Waals surface area (Å²) in [6.07, 6.45) is 1.96. The van der Waals surface area contributed by atoms with Crippen LogP contribution in [0, 0.1) is 0 Å². The van der Waals surface area contributed by atoms with Crippen LogP contribution in [0.15, 0.2) is 42.5 Å². The van der Waals surface area contributed by atoms with E-state index in [9.17, 15) is 4.79 Å². The van der Waals surface area contributed by atoms with Gasteiger partial charge in [-0.2, -0.15) is 0 Å². The van der Waals surface area contributed by atoms with E-state index in [1.165, 1.54) is 0 Å². The minimum Gasteiger partial charge on any atom is -0.494 e. The average Bonchev–Trinajstić information content (AvgIpc) is 3.24. The summed E-state index contributed by atoms with van der Waals surface area (Å²) in [5.41, 5.74) is 2.10. The van der Waals surface area contributed by atoms with Crippen molar-refractivity contribution in [2.75, 3.05) is 27.4 Å². The number of nitrogens with one attached hydrogen (secondary N) is 1. The van der Waals surface area contributed by atoms with Crippen LogP contribution in [0.5, 0.6) is 17.2 Å². The summed E-state index contributed by atoms with van der Waals surface area (Å²) in [7, 11) is 3.22. The number of likely N-dealkylation sites (tertiary alicyclic amines) is 1. The maximum Gasteiger partial charge on any atom is 0.318 e. The molecule has 6 heteroatoms. The maximum absolute atomic E-state index is 13.0. The van der Waals surface area contributed by atoms with Gasteiger partial charge in [-0.05, 0) is 62.1 Å². The normalized spacial score (nSPS) is 17.0. The van der Waals surface area contributed by atoms with Crippen LogP contribution >= 0.6 is 0 Å². The number of ether oxygens (including phenoxy) is 3. The number of nitrogens with zero attached hydrogens (tertiary/aromatic N) is 1. The van der Waals surface area contributed by atoms with Crippen LogP contribution in [-0.2, 0) is 0 Å². The van der Waals surface area contributed by atoms with Gasteiger partial charge in [0.1, 0.15) is 5.75 Å². The number of hydrogen-bond donors (Lipinski definition) is 1. The van der Waals surface area contributed by atoms with Crippen molar-refractivity contribution in [1.29, 1.82) is 0 Å². The minimum absolute atomic E-state index is 0.0522. The lowest BCUT2D eigenvalue weighted by Gasteiger charge is -2.27. The number of amides is 2. The molecule has 6 nitrogen and oxygen atoms in total. The molecule has 2 aromatic carbocycles. The van der Waals surface area contributed by atoms with E-state index in [4.69, 9.17) is 14.2 Å². The molecule has 2 amide bonds. The smallest absolute Gasteiger partial charge is 0.318 e. The second-order valence-corrected chi connectivity index (χ2v) is 7.14. The molecule has 0 aliphatic carbocycles. The Labute approximate surface area is 172 Å². The van der Waals surface area contributed by atoms with Crippen molar-refractivity contribution in [1.82, 2.24) is 10.2 Å². The van der Waals surface area contributed by atoms with Crippen molar-refractivity contribution in [3.05, 3.63) is 53.6 Å². The monoisotopic (exact) mass is 398 g/mol. The summed E-state index contributed by atoms with van der Waals surface area (Å²) >= 11 is 0. The standard InChI is InChI=1S/C23H30N2O4/c1-5-29-19-11-8-17(9-12-19)20-7-6-14-25(20)23(26)24-16(2)18-10-13-21(27-3)22(15-18)28-4/h8-13,15-16,20H,5-7,14H2,1-4H3,(H,24,26). The molecule has 1 fully saturated rings. The van der Waals surface area contributed by atoms with Crippen molar-refractivity contribution in [2.45, 2.75) is 38.8 Å². The Morgan fingerprint density at radius 3 is 2.52 bits per heavy atom. The van der Waals surface area contributed by atoms with Crippen LogP contribution in [0.4, 0.5) is 4.79 Å². The topological polar surface area (TPSA) is 60.0 Å². The maximum atomic E-state index is 13.0. The third-order valence-corrected chi connectivity index (χ3v) is 5.34. The fraction of sp³-hybridized carbons (Fsp3) is 0.435. The number of hydrogen-bond acceptors (Lipinski definition) is 4. The van der Waals surface area contributed by atoms with Gasteiger partial charge in [-0.15, -0.1) is 0 Å². The van der Waals surface area contributed by atoms with E-state index in [0.717, 1.165) is 36.3 Å². The number of carbonyl (C=O) groups is 1. The van der Waals surface area contributed by atoms with Gasteiger partial charge in [-0.3, -0.25) is 0 Å². The summed E-state index contributed by atoms with van der Waals surface area (Å²) in [6.45, 7) is 5.34. The Morgan fingerprint density at radius 1 is 1.14 bits per heavy atom. The number of carbonyl (C=O) groups excluding carboxylic acids is 1. The zero-order valence-electron chi connectivity index (χ0n) is 17.6. The Kier molecular flexibility index (Phi) is 6.86. The first-order chi connectivity index (χ1) is 14.1. The Hall–Kier alpha value is -2.89. The van der Waals surface area contributed by atoms with E-state index >= 15 is 0 Å². The van der Waals surface area contributed by atoms with Crippen molar-refractivity contribution < 1.29 is 19.0 Å². The van der Waals surface area contributed by atoms with Gasteiger partial charge < -0.3 is 24.4 Å². The van der Waals surface area contributed by atoms with Gasteiger partial charge in [0.05, 0.1) is 32.9 Å². The molecule has 0 radical (unpaired) electrons. The molecule has 2 aromatic rings. The van der Waals surface area contributed by atoms with Gasteiger partial charge in [0, 0.05) is 6.54 Å². The largest absolute Gasteiger partial charge is 0.494 e. The summed E-state index contributed by atoms with van der Waals surface area (Å²) < 4.78 is 16.2. The highest BCUT2D eigenvalue weighted by Gasteiger charge is 2.30. The Balaban J connectivity index is 1.69. The highest BCUT2D eigenvalue weighted by Crippen LogP contribution is 2.34. The highest BCUT2D eigenvalue weighted by molar-refractivity contribution is 5.75. The SMILES string of the molecule is CCOc1ccc(C2CCCN2C(=O)NC(C)c2ccc(OC)c(OC)c2)cc1. The first-order valence-electron chi connectivity index (χ1n) is 10.1. The van der Waals surface area contributed by atoms with Crippen LogP contribution in [0.3, 0.4) is 0 Å². The first-order valence-corrected chi connectivity index (χ1v) is 10.1. The van der Waals surface area contributed by atoms with Crippen molar-refractivity contribution in [2.24, 2.45) is 0 Å². The average molecular weight is 399 g/mol.